The lowest BCUT2D eigenvalue weighted by Crippen LogP contribution is -2.51. The summed E-state index contributed by atoms with van der Waals surface area (Å²) in [5.74, 6) is -0.104. The lowest BCUT2D eigenvalue weighted by atomic mass is 9.97. The SMILES string of the molecule is CC1NC(C(O)[C@@H](N)Cc2ccccc2)C(=O)N1Cc1ccccc1. The van der Waals surface area contributed by atoms with E-state index in [0.717, 1.165) is 11.1 Å². The van der Waals surface area contributed by atoms with Gasteiger partial charge in [-0.05, 0) is 24.5 Å². The third-order valence-electron chi connectivity index (χ3n) is 4.73. The molecule has 1 saturated heterocycles. The van der Waals surface area contributed by atoms with Gasteiger partial charge in [0.1, 0.15) is 6.04 Å². The van der Waals surface area contributed by atoms with Crippen LogP contribution in [0.4, 0.5) is 0 Å². The second-order valence-electron chi connectivity index (χ2n) is 6.62. The number of aliphatic hydroxyl groups is 1. The van der Waals surface area contributed by atoms with Crippen LogP contribution >= 0.6 is 0 Å². The Labute approximate surface area is 148 Å². The molecule has 3 rings (SSSR count). The highest BCUT2D eigenvalue weighted by Gasteiger charge is 2.42. The molecule has 5 nitrogen and oxygen atoms in total. The Bertz CT molecular complexity index is 693. The first kappa shape index (κ1) is 17.6. The molecule has 2 aromatic rings. The zero-order valence-corrected chi connectivity index (χ0v) is 14.4. The Morgan fingerprint density at radius 3 is 2.24 bits per heavy atom. The highest BCUT2D eigenvalue weighted by Crippen LogP contribution is 2.19. The summed E-state index contributed by atoms with van der Waals surface area (Å²) in [5.41, 5.74) is 8.29. The largest absolute Gasteiger partial charge is 0.389 e. The third kappa shape index (κ3) is 4.07. The number of nitrogens with one attached hydrogen (secondary N) is 1. The highest BCUT2D eigenvalue weighted by molar-refractivity contribution is 5.85. The van der Waals surface area contributed by atoms with Gasteiger partial charge in [-0.25, -0.2) is 0 Å². The number of rotatable bonds is 6. The molecule has 1 fully saturated rings. The molecule has 4 N–H and O–H groups in total. The molecule has 0 radical (unpaired) electrons. The van der Waals surface area contributed by atoms with Gasteiger partial charge in [0, 0.05) is 12.6 Å². The molecule has 132 valence electrons. The van der Waals surface area contributed by atoms with E-state index in [2.05, 4.69) is 5.32 Å². The van der Waals surface area contributed by atoms with Crippen LogP contribution in [-0.4, -0.2) is 40.3 Å². The third-order valence-corrected chi connectivity index (χ3v) is 4.73. The Hall–Kier alpha value is -2.21. The molecule has 3 unspecified atom stereocenters. The maximum absolute atomic E-state index is 12.8. The van der Waals surface area contributed by atoms with E-state index in [1.807, 2.05) is 67.6 Å². The number of benzene rings is 2. The minimum atomic E-state index is -0.934. The summed E-state index contributed by atoms with van der Waals surface area (Å²) >= 11 is 0. The zero-order valence-electron chi connectivity index (χ0n) is 14.4. The van der Waals surface area contributed by atoms with Gasteiger partial charge < -0.3 is 15.7 Å². The molecule has 0 spiro atoms. The number of aliphatic hydroxyl groups excluding tert-OH is 1. The Morgan fingerprint density at radius 2 is 1.64 bits per heavy atom. The standard InChI is InChI=1S/C20H25N3O2/c1-14-22-18(19(24)17(21)12-15-8-4-2-5-9-15)20(25)23(14)13-16-10-6-3-7-11-16/h2-11,14,17-19,22,24H,12-13,21H2,1H3/t14?,17-,18?,19?/m0/s1. The Morgan fingerprint density at radius 1 is 1.08 bits per heavy atom. The molecule has 4 atom stereocenters. The van der Waals surface area contributed by atoms with Crippen molar-refractivity contribution in [3.05, 3.63) is 71.8 Å². The minimum absolute atomic E-state index is 0.104. The van der Waals surface area contributed by atoms with Crippen molar-refractivity contribution in [1.29, 1.82) is 0 Å². The molecule has 1 amide bonds. The van der Waals surface area contributed by atoms with E-state index in [9.17, 15) is 9.90 Å². The van der Waals surface area contributed by atoms with Gasteiger partial charge >= 0.3 is 0 Å². The van der Waals surface area contributed by atoms with Crippen molar-refractivity contribution in [2.75, 3.05) is 0 Å². The molecule has 1 heterocycles. The van der Waals surface area contributed by atoms with Gasteiger partial charge in [0.15, 0.2) is 0 Å². The monoisotopic (exact) mass is 339 g/mol. The number of carbonyl (C=O) groups is 1. The molecular weight excluding hydrogens is 314 g/mol. The van der Waals surface area contributed by atoms with Crippen molar-refractivity contribution in [3.63, 3.8) is 0 Å². The molecule has 0 bridgehead atoms. The van der Waals surface area contributed by atoms with Crippen molar-refractivity contribution >= 4 is 5.91 Å². The van der Waals surface area contributed by atoms with Crippen molar-refractivity contribution < 1.29 is 9.90 Å². The first-order valence-corrected chi connectivity index (χ1v) is 8.64. The summed E-state index contributed by atoms with van der Waals surface area (Å²) in [6.07, 6.45) is -0.548. The highest BCUT2D eigenvalue weighted by atomic mass is 16.3. The van der Waals surface area contributed by atoms with Gasteiger partial charge in [0.25, 0.3) is 0 Å². The molecule has 5 heteroatoms. The summed E-state index contributed by atoms with van der Waals surface area (Å²) < 4.78 is 0. The van der Waals surface area contributed by atoms with Crippen LogP contribution in [0.3, 0.4) is 0 Å². The topological polar surface area (TPSA) is 78.6 Å². The molecule has 0 aliphatic carbocycles. The van der Waals surface area contributed by atoms with Gasteiger partial charge in [-0.1, -0.05) is 60.7 Å². The summed E-state index contributed by atoms with van der Waals surface area (Å²) in [4.78, 5) is 14.5. The number of nitrogens with two attached hydrogens (primary N) is 1. The number of amides is 1. The number of carbonyl (C=O) groups excluding carboxylic acids is 1. The van der Waals surface area contributed by atoms with Crippen LogP contribution in [0.25, 0.3) is 0 Å². The summed E-state index contributed by atoms with van der Waals surface area (Å²) in [6.45, 7) is 2.45. The number of nitrogens with zero attached hydrogens (tertiary/aromatic N) is 1. The fourth-order valence-corrected chi connectivity index (χ4v) is 3.28. The van der Waals surface area contributed by atoms with Crippen LogP contribution in [0.2, 0.25) is 0 Å². The van der Waals surface area contributed by atoms with Gasteiger partial charge in [0.05, 0.1) is 12.3 Å². The van der Waals surface area contributed by atoms with Crippen LogP contribution in [0.15, 0.2) is 60.7 Å². The van der Waals surface area contributed by atoms with Crippen molar-refractivity contribution in [2.45, 2.75) is 44.2 Å². The lowest BCUT2D eigenvalue weighted by Gasteiger charge is -2.23. The minimum Gasteiger partial charge on any atom is -0.389 e. The molecule has 2 aromatic carbocycles. The summed E-state index contributed by atoms with van der Waals surface area (Å²) in [7, 11) is 0. The van der Waals surface area contributed by atoms with Gasteiger partial charge in [-0.2, -0.15) is 0 Å². The molecular formula is C20H25N3O2. The average Bonchev–Trinajstić information content (AvgIpc) is 2.91. The normalized spacial score (nSPS) is 22.8. The zero-order chi connectivity index (χ0) is 17.8. The maximum atomic E-state index is 12.8. The van der Waals surface area contributed by atoms with Crippen molar-refractivity contribution in [1.82, 2.24) is 10.2 Å². The fourth-order valence-electron chi connectivity index (χ4n) is 3.28. The molecule has 0 saturated carbocycles. The summed E-state index contributed by atoms with van der Waals surface area (Å²) in [5, 5.41) is 13.8. The number of hydrogen-bond acceptors (Lipinski definition) is 4. The fraction of sp³-hybridized carbons (Fsp3) is 0.350. The van der Waals surface area contributed by atoms with E-state index in [1.165, 1.54) is 0 Å². The predicted octanol–water partition coefficient (Wildman–Crippen LogP) is 1.26. The quantitative estimate of drug-likeness (QED) is 0.740. The molecule has 1 aliphatic rings. The first-order chi connectivity index (χ1) is 12.1. The second kappa shape index (κ2) is 7.78. The second-order valence-corrected chi connectivity index (χ2v) is 6.62. The van der Waals surface area contributed by atoms with Crippen molar-refractivity contribution in [3.8, 4) is 0 Å². The van der Waals surface area contributed by atoms with E-state index in [-0.39, 0.29) is 12.1 Å². The van der Waals surface area contributed by atoms with Gasteiger partial charge in [-0.3, -0.25) is 10.1 Å². The number of hydrogen-bond donors (Lipinski definition) is 3. The van der Waals surface area contributed by atoms with Crippen LogP contribution in [0.5, 0.6) is 0 Å². The van der Waals surface area contributed by atoms with E-state index in [1.54, 1.807) is 4.90 Å². The van der Waals surface area contributed by atoms with Gasteiger partial charge in [-0.15, -0.1) is 0 Å². The van der Waals surface area contributed by atoms with Crippen LogP contribution in [0, 0.1) is 0 Å². The van der Waals surface area contributed by atoms with Crippen LogP contribution in [0.1, 0.15) is 18.1 Å². The molecule has 0 aromatic heterocycles. The van der Waals surface area contributed by atoms with Crippen molar-refractivity contribution in [2.24, 2.45) is 5.73 Å². The lowest BCUT2D eigenvalue weighted by molar-refractivity contribution is -0.132. The van der Waals surface area contributed by atoms with E-state index >= 15 is 0 Å². The average molecular weight is 339 g/mol. The van der Waals surface area contributed by atoms with E-state index in [0.29, 0.717) is 13.0 Å². The Balaban J connectivity index is 1.65. The molecule has 1 aliphatic heterocycles. The summed E-state index contributed by atoms with van der Waals surface area (Å²) in [6, 6.07) is 18.4. The van der Waals surface area contributed by atoms with Crippen LogP contribution in [-0.2, 0) is 17.8 Å². The first-order valence-electron chi connectivity index (χ1n) is 8.64. The van der Waals surface area contributed by atoms with Crippen LogP contribution < -0.4 is 11.1 Å². The van der Waals surface area contributed by atoms with E-state index < -0.39 is 18.2 Å². The smallest absolute Gasteiger partial charge is 0.244 e. The predicted molar refractivity (Wildman–Crippen MR) is 97.5 cm³/mol. The van der Waals surface area contributed by atoms with Gasteiger partial charge in [0.2, 0.25) is 5.91 Å². The van der Waals surface area contributed by atoms with E-state index in [4.69, 9.17) is 5.73 Å². The maximum Gasteiger partial charge on any atom is 0.244 e. The Kier molecular flexibility index (Phi) is 5.48. The molecule has 25 heavy (non-hydrogen) atoms.